The molecular formula is C17H16N2O. The summed E-state index contributed by atoms with van der Waals surface area (Å²) in [6, 6.07) is 5.93. The van der Waals surface area contributed by atoms with Gasteiger partial charge in [-0.25, -0.2) is 0 Å². The SMILES string of the molecule is COc1ccc2c(c1)C(=CC=C1C=CN(C)C=C1)C=N2. The Morgan fingerprint density at radius 1 is 1.15 bits per heavy atom. The van der Waals surface area contributed by atoms with Crippen molar-refractivity contribution < 1.29 is 4.74 Å². The molecule has 2 aliphatic rings. The highest BCUT2D eigenvalue weighted by Gasteiger charge is 2.12. The summed E-state index contributed by atoms with van der Waals surface area (Å²) in [5.74, 6) is 0.854. The molecule has 0 aromatic heterocycles. The maximum absolute atomic E-state index is 5.27. The predicted molar refractivity (Wildman–Crippen MR) is 83.2 cm³/mol. The Labute approximate surface area is 118 Å². The number of nitrogens with zero attached hydrogens (tertiary/aromatic N) is 2. The van der Waals surface area contributed by atoms with Crippen molar-refractivity contribution in [2.75, 3.05) is 14.2 Å². The minimum absolute atomic E-state index is 0.854. The number of benzene rings is 1. The Morgan fingerprint density at radius 2 is 1.95 bits per heavy atom. The zero-order chi connectivity index (χ0) is 13.9. The van der Waals surface area contributed by atoms with Crippen LogP contribution in [0.25, 0.3) is 5.57 Å². The van der Waals surface area contributed by atoms with Crippen molar-refractivity contribution in [3.05, 3.63) is 66.0 Å². The molecule has 0 radical (unpaired) electrons. The smallest absolute Gasteiger partial charge is 0.119 e. The molecule has 0 atom stereocenters. The molecule has 0 saturated carbocycles. The van der Waals surface area contributed by atoms with Crippen molar-refractivity contribution in [3.8, 4) is 5.75 Å². The third-order valence-corrected chi connectivity index (χ3v) is 3.32. The number of methoxy groups -OCH3 is 1. The van der Waals surface area contributed by atoms with Crippen LogP contribution in [0.15, 0.2) is 65.5 Å². The third kappa shape index (κ3) is 2.43. The Bertz CT molecular complexity index is 662. The van der Waals surface area contributed by atoms with E-state index in [0.29, 0.717) is 0 Å². The van der Waals surface area contributed by atoms with Crippen molar-refractivity contribution in [2.45, 2.75) is 0 Å². The van der Waals surface area contributed by atoms with Crippen LogP contribution in [0.1, 0.15) is 5.56 Å². The second kappa shape index (κ2) is 5.21. The van der Waals surface area contributed by atoms with Crippen LogP contribution in [0, 0.1) is 0 Å². The number of rotatable bonds is 2. The molecule has 20 heavy (non-hydrogen) atoms. The third-order valence-electron chi connectivity index (χ3n) is 3.32. The van der Waals surface area contributed by atoms with Crippen LogP contribution in [0.2, 0.25) is 0 Å². The molecule has 3 rings (SSSR count). The van der Waals surface area contributed by atoms with E-state index in [1.165, 1.54) is 5.57 Å². The van der Waals surface area contributed by atoms with Gasteiger partial charge >= 0.3 is 0 Å². The molecule has 0 N–H and O–H groups in total. The molecule has 0 amide bonds. The lowest BCUT2D eigenvalue weighted by Gasteiger charge is -2.11. The highest BCUT2D eigenvalue weighted by atomic mass is 16.5. The first-order chi connectivity index (χ1) is 9.76. The lowest BCUT2D eigenvalue weighted by atomic mass is 10.1. The Hall–Kier alpha value is -2.55. The van der Waals surface area contributed by atoms with E-state index in [2.05, 4.69) is 29.3 Å². The minimum atomic E-state index is 0.854. The fraction of sp³-hybridized carbons (Fsp3) is 0.118. The molecule has 2 aliphatic heterocycles. The predicted octanol–water partition coefficient (Wildman–Crippen LogP) is 3.69. The van der Waals surface area contributed by atoms with Crippen LogP contribution in [0.5, 0.6) is 5.75 Å². The van der Waals surface area contributed by atoms with Crippen LogP contribution in [0.3, 0.4) is 0 Å². The van der Waals surface area contributed by atoms with E-state index in [1.54, 1.807) is 7.11 Å². The Kier molecular flexibility index (Phi) is 3.25. The van der Waals surface area contributed by atoms with Gasteiger partial charge in [0.05, 0.1) is 12.8 Å². The zero-order valence-corrected chi connectivity index (χ0v) is 11.6. The molecule has 1 aromatic rings. The van der Waals surface area contributed by atoms with Crippen LogP contribution < -0.4 is 4.74 Å². The Balaban J connectivity index is 1.89. The molecule has 100 valence electrons. The maximum atomic E-state index is 5.27. The summed E-state index contributed by atoms with van der Waals surface area (Å²) in [6.45, 7) is 0. The van der Waals surface area contributed by atoms with Crippen LogP contribution in [-0.2, 0) is 0 Å². The fourth-order valence-electron chi connectivity index (χ4n) is 2.14. The highest BCUT2D eigenvalue weighted by molar-refractivity contribution is 6.16. The summed E-state index contributed by atoms with van der Waals surface area (Å²) in [5, 5.41) is 0. The molecule has 0 spiro atoms. The Morgan fingerprint density at radius 3 is 2.70 bits per heavy atom. The first-order valence-corrected chi connectivity index (χ1v) is 6.49. The minimum Gasteiger partial charge on any atom is -0.497 e. The van der Waals surface area contributed by atoms with Gasteiger partial charge in [0.1, 0.15) is 5.75 Å². The van der Waals surface area contributed by atoms with Gasteiger partial charge < -0.3 is 9.64 Å². The topological polar surface area (TPSA) is 24.8 Å². The summed E-state index contributed by atoms with van der Waals surface area (Å²) in [6.07, 6.45) is 14.3. The highest BCUT2D eigenvalue weighted by Crippen LogP contribution is 2.34. The number of hydrogen-bond acceptors (Lipinski definition) is 3. The first kappa shape index (κ1) is 12.5. The average Bonchev–Trinajstić information content (AvgIpc) is 2.89. The lowest BCUT2D eigenvalue weighted by Crippen LogP contribution is -2.02. The van der Waals surface area contributed by atoms with Crippen LogP contribution in [-0.4, -0.2) is 25.3 Å². The molecule has 3 nitrogen and oxygen atoms in total. The zero-order valence-electron chi connectivity index (χ0n) is 11.6. The summed E-state index contributed by atoms with van der Waals surface area (Å²) < 4.78 is 5.27. The largest absolute Gasteiger partial charge is 0.497 e. The van der Waals surface area contributed by atoms with Gasteiger partial charge in [-0.2, -0.15) is 0 Å². The summed E-state index contributed by atoms with van der Waals surface area (Å²) in [4.78, 5) is 6.43. The van der Waals surface area contributed by atoms with Gasteiger partial charge in [-0.15, -0.1) is 0 Å². The molecule has 2 heterocycles. The van der Waals surface area contributed by atoms with E-state index in [1.807, 2.05) is 48.8 Å². The van der Waals surface area contributed by atoms with Crippen LogP contribution in [0.4, 0.5) is 5.69 Å². The number of aliphatic imine (C=N–C) groups is 1. The maximum Gasteiger partial charge on any atom is 0.119 e. The monoisotopic (exact) mass is 264 g/mol. The molecule has 3 heteroatoms. The number of fused-ring (bicyclic) bond motifs is 1. The van der Waals surface area contributed by atoms with Gasteiger partial charge in [0.2, 0.25) is 0 Å². The van der Waals surface area contributed by atoms with Gasteiger partial charge in [0.25, 0.3) is 0 Å². The van der Waals surface area contributed by atoms with Gasteiger partial charge in [-0.3, -0.25) is 4.99 Å². The van der Waals surface area contributed by atoms with Gasteiger partial charge in [0.15, 0.2) is 0 Å². The number of hydrogen-bond donors (Lipinski definition) is 0. The summed E-state index contributed by atoms with van der Waals surface area (Å²) in [5.41, 5.74) is 4.37. The lowest BCUT2D eigenvalue weighted by molar-refractivity contribution is 0.415. The van der Waals surface area contributed by atoms with Crippen molar-refractivity contribution in [2.24, 2.45) is 4.99 Å². The molecule has 0 aliphatic carbocycles. The molecule has 1 aromatic carbocycles. The standard InChI is InChI=1S/C17H16N2O/c1-19-9-7-13(8-10-19)3-4-14-12-18-17-6-5-15(20-2)11-16(14)17/h3-12H,1-2H3. The number of allylic oxidation sites excluding steroid dienone is 6. The van der Waals surface area contributed by atoms with Crippen molar-refractivity contribution in [1.29, 1.82) is 0 Å². The van der Waals surface area contributed by atoms with Crippen molar-refractivity contribution in [1.82, 2.24) is 4.90 Å². The summed E-state index contributed by atoms with van der Waals surface area (Å²) >= 11 is 0. The van der Waals surface area contributed by atoms with E-state index < -0.39 is 0 Å². The van der Waals surface area contributed by atoms with Gasteiger partial charge in [-0.05, 0) is 35.9 Å². The molecule has 0 fully saturated rings. The van der Waals surface area contributed by atoms with E-state index in [0.717, 1.165) is 22.6 Å². The summed E-state index contributed by atoms with van der Waals surface area (Å²) in [7, 11) is 3.69. The number of ether oxygens (including phenoxy) is 1. The first-order valence-electron chi connectivity index (χ1n) is 6.49. The fourth-order valence-corrected chi connectivity index (χ4v) is 2.14. The van der Waals surface area contributed by atoms with E-state index in [9.17, 15) is 0 Å². The van der Waals surface area contributed by atoms with E-state index in [4.69, 9.17) is 4.74 Å². The van der Waals surface area contributed by atoms with Crippen LogP contribution >= 0.6 is 0 Å². The van der Waals surface area contributed by atoms with Gasteiger partial charge in [-0.1, -0.05) is 12.2 Å². The molecule has 0 unspecified atom stereocenters. The molecular weight excluding hydrogens is 248 g/mol. The van der Waals surface area contributed by atoms with Crippen molar-refractivity contribution in [3.63, 3.8) is 0 Å². The van der Waals surface area contributed by atoms with Crippen molar-refractivity contribution >= 4 is 17.5 Å². The molecule has 0 bridgehead atoms. The molecule has 0 saturated heterocycles. The average molecular weight is 264 g/mol. The normalized spacial score (nSPS) is 17.8. The quantitative estimate of drug-likeness (QED) is 0.813. The van der Waals surface area contributed by atoms with Gasteiger partial charge in [0, 0.05) is 36.8 Å². The van der Waals surface area contributed by atoms with E-state index >= 15 is 0 Å². The van der Waals surface area contributed by atoms with E-state index in [-0.39, 0.29) is 0 Å². The second-order valence-corrected chi connectivity index (χ2v) is 4.73. The second-order valence-electron chi connectivity index (χ2n) is 4.73.